The number of aliphatic hydroxyl groups excluding tert-OH is 1. The molecule has 0 atom stereocenters. The maximum atomic E-state index is 11.4. The van der Waals surface area contributed by atoms with Crippen molar-refractivity contribution in [2.45, 2.75) is 12.2 Å². The van der Waals surface area contributed by atoms with E-state index in [0.29, 0.717) is 23.3 Å². The minimum Gasteiger partial charge on any atom is -0.391 e. The van der Waals surface area contributed by atoms with E-state index in [2.05, 4.69) is 15.9 Å². The van der Waals surface area contributed by atoms with Crippen LogP contribution < -0.4 is 0 Å². The maximum Gasteiger partial charge on any atom is 0.222 e. The van der Waals surface area contributed by atoms with Gasteiger partial charge in [-0.3, -0.25) is 4.79 Å². The fourth-order valence-electron chi connectivity index (χ4n) is 1.60. The van der Waals surface area contributed by atoms with Crippen LogP contribution in [0.3, 0.4) is 0 Å². The predicted molar refractivity (Wildman–Crippen MR) is 56.4 cm³/mol. The van der Waals surface area contributed by atoms with Crippen LogP contribution in [0, 0.1) is 0 Å². The summed E-state index contributed by atoms with van der Waals surface area (Å²) in [5.74, 6) is -1.21. The summed E-state index contributed by atoms with van der Waals surface area (Å²) < 4.78 is 11.5. The lowest BCUT2D eigenvalue weighted by molar-refractivity contribution is -0.208. The van der Waals surface area contributed by atoms with Crippen LogP contribution in [0.15, 0.2) is 22.2 Å². The Bertz CT molecular complexity index is 339. The van der Waals surface area contributed by atoms with Gasteiger partial charge in [0.25, 0.3) is 0 Å². The lowest BCUT2D eigenvalue weighted by atomic mass is 10.0. The van der Waals surface area contributed by atoms with Gasteiger partial charge in [0.05, 0.1) is 24.3 Å². The highest BCUT2D eigenvalue weighted by molar-refractivity contribution is 9.11. The normalized spacial score (nSPS) is 25.1. The number of carbonyl (C=O) groups is 1. The summed E-state index contributed by atoms with van der Waals surface area (Å²) >= 11 is 3.27. The molecule has 2 aliphatic rings. The summed E-state index contributed by atoms with van der Waals surface area (Å²) in [6, 6.07) is 0. The number of hydrogen-bond acceptors (Lipinski definition) is 4. The molecule has 1 N–H and O–H groups in total. The molecule has 0 aromatic carbocycles. The van der Waals surface area contributed by atoms with Crippen molar-refractivity contribution >= 4 is 21.7 Å². The number of ketones is 1. The van der Waals surface area contributed by atoms with E-state index >= 15 is 0 Å². The Balaban J connectivity index is 2.37. The molecule has 0 radical (unpaired) electrons. The third-order valence-electron chi connectivity index (χ3n) is 2.40. The van der Waals surface area contributed by atoms with Crippen LogP contribution in [0.2, 0.25) is 0 Å². The fourth-order valence-corrected chi connectivity index (χ4v) is 2.28. The van der Waals surface area contributed by atoms with E-state index in [1.165, 1.54) is 6.08 Å². The van der Waals surface area contributed by atoms with Crippen molar-refractivity contribution in [2.24, 2.45) is 0 Å². The number of rotatable bonds is 1. The first-order chi connectivity index (χ1) is 7.19. The molecular formula is C10H11BrO4. The van der Waals surface area contributed by atoms with Crippen molar-refractivity contribution in [2.75, 3.05) is 19.8 Å². The standard InChI is InChI=1S/C10H11BrO4/c11-9-7(6-12)8(13)2-3-10(9)14-4-1-5-15-10/h2-3,12H,1,4-6H2. The van der Waals surface area contributed by atoms with E-state index in [1.54, 1.807) is 6.08 Å². The van der Waals surface area contributed by atoms with Gasteiger partial charge in [-0.05, 0) is 34.5 Å². The second-order valence-electron chi connectivity index (χ2n) is 3.37. The first-order valence-electron chi connectivity index (χ1n) is 4.71. The van der Waals surface area contributed by atoms with E-state index in [4.69, 9.17) is 14.6 Å². The highest BCUT2D eigenvalue weighted by Gasteiger charge is 2.40. The number of allylic oxidation sites excluding steroid dienone is 1. The zero-order chi connectivity index (χ0) is 10.9. The minimum absolute atomic E-state index is 0.215. The molecule has 1 saturated heterocycles. The molecule has 15 heavy (non-hydrogen) atoms. The van der Waals surface area contributed by atoms with Crippen molar-refractivity contribution in [3.8, 4) is 0 Å². The largest absolute Gasteiger partial charge is 0.391 e. The number of ether oxygens (including phenoxy) is 2. The summed E-state index contributed by atoms with van der Waals surface area (Å²) in [6.07, 6.45) is 3.79. The van der Waals surface area contributed by atoms with Crippen molar-refractivity contribution in [1.29, 1.82) is 0 Å². The Hall–Kier alpha value is -0.490. The summed E-state index contributed by atoms with van der Waals surface area (Å²) in [5.41, 5.74) is 0.291. The molecule has 0 aromatic heterocycles. The third kappa shape index (κ3) is 1.80. The third-order valence-corrected chi connectivity index (χ3v) is 3.43. The number of carbonyl (C=O) groups excluding carboxylic acids is 1. The van der Waals surface area contributed by atoms with Gasteiger partial charge in [-0.2, -0.15) is 0 Å². The Morgan fingerprint density at radius 3 is 2.73 bits per heavy atom. The fraction of sp³-hybridized carbons (Fsp3) is 0.500. The molecular weight excluding hydrogens is 264 g/mol. The van der Waals surface area contributed by atoms with Crippen molar-refractivity contribution in [3.63, 3.8) is 0 Å². The van der Waals surface area contributed by atoms with Gasteiger partial charge in [0.1, 0.15) is 0 Å². The molecule has 0 aromatic rings. The minimum atomic E-state index is -0.996. The maximum absolute atomic E-state index is 11.4. The second kappa shape index (κ2) is 4.17. The summed E-state index contributed by atoms with van der Waals surface area (Å²) in [4.78, 5) is 11.4. The van der Waals surface area contributed by atoms with Crippen molar-refractivity contribution in [1.82, 2.24) is 0 Å². The molecule has 82 valence electrons. The Kier molecular flexibility index (Phi) is 3.06. The van der Waals surface area contributed by atoms with Crippen LogP contribution in [0.25, 0.3) is 0 Å². The van der Waals surface area contributed by atoms with Crippen LogP contribution >= 0.6 is 15.9 Å². The lowest BCUT2D eigenvalue weighted by Gasteiger charge is -2.36. The van der Waals surface area contributed by atoms with Gasteiger partial charge in [0, 0.05) is 5.57 Å². The van der Waals surface area contributed by atoms with Gasteiger partial charge in [0.15, 0.2) is 5.78 Å². The van der Waals surface area contributed by atoms with Gasteiger partial charge in [-0.15, -0.1) is 0 Å². The summed E-state index contributed by atoms with van der Waals surface area (Å²) in [6.45, 7) is 0.830. The first kappa shape index (κ1) is 11.0. The molecule has 4 nitrogen and oxygen atoms in total. The number of halogens is 1. The average Bonchev–Trinajstić information content (AvgIpc) is 2.27. The van der Waals surface area contributed by atoms with Gasteiger partial charge >= 0.3 is 0 Å². The zero-order valence-electron chi connectivity index (χ0n) is 8.03. The van der Waals surface area contributed by atoms with E-state index < -0.39 is 5.79 Å². The summed E-state index contributed by atoms with van der Waals surface area (Å²) in [7, 11) is 0. The van der Waals surface area contributed by atoms with Crippen molar-refractivity contribution < 1.29 is 19.4 Å². The number of aliphatic hydroxyl groups is 1. The average molecular weight is 275 g/mol. The van der Waals surface area contributed by atoms with E-state index in [9.17, 15) is 4.79 Å². The molecule has 5 heteroatoms. The molecule has 0 saturated carbocycles. The van der Waals surface area contributed by atoms with Crippen LogP contribution in [0.5, 0.6) is 0 Å². The monoisotopic (exact) mass is 274 g/mol. The SMILES string of the molecule is O=C1C=CC2(OCCCO2)C(Br)=C1CO. The molecule has 1 heterocycles. The quantitative estimate of drug-likeness (QED) is 0.772. The van der Waals surface area contributed by atoms with Crippen LogP contribution in [0.1, 0.15) is 6.42 Å². The molecule has 0 unspecified atom stereocenters. The molecule has 0 bridgehead atoms. The van der Waals surface area contributed by atoms with Crippen LogP contribution in [-0.2, 0) is 14.3 Å². The number of hydrogen-bond donors (Lipinski definition) is 1. The van der Waals surface area contributed by atoms with Gasteiger partial charge in [-0.1, -0.05) is 0 Å². The molecule has 0 amide bonds. The summed E-state index contributed by atoms with van der Waals surface area (Å²) in [5, 5.41) is 9.09. The Labute approximate surface area is 95.7 Å². The Morgan fingerprint density at radius 2 is 2.13 bits per heavy atom. The molecule has 1 spiro atoms. The topological polar surface area (TPSA) is 55.8 Å². The first-order valence-corrected chi connectivity index (χ1v) is 5.50. The highest BCUT2D eigenvalue weighted by atomic mass is 79.9. The molecule has 1 aliphatic heterocycles. The van der Waals surface area contributed by atoms with Gasteiger partial charge in [0.2, 0.25) is 5.79 Å². The highest BCUT2D eigenvalue weighted by Crippen LogP contribution is 2.37. The van der Waals surface area contributed by atoms with Crippen molar-refractivity contribution in [3.05, 3.63) is 22.2 Å². The zero-order valence-corrected chi connectivity index (χ0v) is 9.62. The van der Waals surface area contributed by atoms with Gasteiger partial charge < -0.3 is 14.6 Å². The lowest BCUT2D eigenvalue weighted by Crippen LogP contribution is -2.42. The molecule has 1 aliphatic carbocycles. The predicted octanol–water partition coefficient (Wildman–Crippen LogP) is 0.900. The van der Waals surface area contributed by atoms with Gasteiger partial charge in [-0.25, -0.2) is 0 Å². The van der Waals surface area contributed by atoms with E-state index in [-0.39, 0.29) is 12.4 Å². The molecule has 2 rings (SSSR count). The smallest absolute Gasteiger partial charge is 0.222 e. The second-order valence-corrected chi connectivity index (χ2v) is 4.16. The Morgan fingerprint density at radius 1 is 1.47 bits per heavy atom. The van der Waals surface area contributed by atoms with E-state index in [1.807, 2.05) is 0 Å². The van der Waals surface area contributed by atoms with Crippen LogP contribution in [0.4, 0.5) is 0 Å². The van der Waals surface area contributed by atoms with Crippen LogP contribution in [-0.4, -0.2) is 36.5 Å². The molecule has 1 fully saturated rings. The van der Waals surface area contributed by atoms with E-state index in [0.717, 1.165) is 6.42 Å².